The Hall–Kier alpha value is -6.90. The standard InChI is InChI=1S/C50H36N2/c1-5-17-38(18-6-1)50(39-19-7-2-8-20-39)45-26-14-13-21-40(45)35-37-29-31-43(32-30-37)51(41-22-9-3-10-23-41)44-33-34-49-47(36-44)46-27-15-16-28-48(46)52(49)42-24-11-4-12-25-42/h1-36H/b40-35+. The van der Waals surface area contributed by atoms with Crippen LogP contribution in [0, 0.1) is 0 Å². The number of hydrogen-bond donors (Lipinski definition) is 0. The molecule has 2 heteroatoms. The first-order valence-corrected chi connectivity index (χ1v) is 17.8. The van der Waals surface area contributed by atoms with Crippen molar-refractivity contribution in [2.24, 2.45) is 0 Å². The normalized spacial score (nSPS) is 11.6. The predicted octanol–water partition coefficient (Wildman–Crippen LogP) is 11.3. The predicted molar refractivity (Wildman–Crippen MR) is 219 cm³/mol. The van der Waals surface area contributed by atoms with Crippen molar-refractivity contribution in [3.05, 3.63) is 239 Å². The molecule has 0 atom stereocenters. The summed E-state index contributed by atoms with van der Waals surface area (Å²) >= 11 is 0. The fraction of sp³-hybridized carbons (Fsp3) is 0. The van der Waals surface area contributed by atoms with E-state index in [4.69, 9.17) is 0 Å². The van der Waals surface area contributed by atoms with Gasteiger partial charge in [-0.1, -0.05) is 152 Å². The molecule has 0 aliphatic rings. The van der Waals surface area contributed by atoms with Crippen molar-refractivity contribution in [2.75, 3.05) is 4.90 Å². The highest BCUT2D eigenvalue weighted by molar-refractivity contribution is 6.10. The number of rotatable bonds is 7. The molecule has 0 spiro atoms. The second kappa shape index (κ2) is 13.8. The second-order valence-electron chi connectivity index (χ2n) is 13.0. The van der Waals surface area contributed by atoms with Crippen LogP contribution >= 0.6 is 0 Å². The molecule has 0 radical (unpaired) electrons. The van der Waals surface area contributed by atoms with Crippen molar-refractivity contribution in [1.29, 1.82) is 0 Å². The lowest BCUT2D eigenvalue weighted by molar-refractivity contribution is 1.18. The summed E-state index contributed by atoms with van der Waals surface area (Å²) in [5.74, 6) is 0. The van der Waals surface area contributed by atoms with E-state index in [9.17, 15) is 0 Å². The smallest absolute Gasteiger partial charge is 0.0542 e. The highest BCUT2D eigenvalue weighted by atomic mass is 15.1. The van der Waals surface area contributed by atoms with Gasteiger partial charge in [0, 0.05) is 33.5 Å². The molecule has 0 unspecified atom stereocenters. The Morgan fingerprint density at radius 2 is 0.923 bits per heavy atom. The van der Waals surface area contributed by atoms with Crippen LogP contribution in [0.1, 0.15) is 16.7 Å². The molecule has 0 saturated heterocycles. The Labute approximate surface area is 304 Å². The average Bonchev–Trinajstić information content (AvgIpc) is 3.55. The minimum Gasteiger partial charge on any atom is -0.310 e. The Kier molecular flexibility index (Phi) is 8.24. The third kappa shape index (κ3) is 5.87. The van der Waals surface area contributed by atoms with Gasteiger partial charge in [-0.3, -0.25) is 0 Å². The van der Waals surface area contributed by atoms with Gasteiger partial charge >= 0.3 is 0 Å². The molecule has 246 valence electrons. The van der Waals surface area contributed by atoms with Gasteiger partial charge < -0.3 is 9.47 Å². The molecule has 52 heavy (non-hydrogen) atoms. The van der Waals surface area contributed by atoms with Gasteiger partial charge in [0.05, 0.1) is 11.0 Å². The Bertz CT molecular complexity index is 2710. The van der Waals surface area contributed by atoms with E-state index >= 15 is 0 Å². The number of nitrogens with zero attached hydrogens (tertiary/aromatic N) is 2. The number of fused-ring (bicyclic) bond motifs is 3. The molecule has 9 aromatic rings. The van der Waals surface area contributed by atoms with Crippen molar-refractivity contribution in [3.8, 4) is 5.69 Å². The van der Waals surface area contributed by atoms with Crippen LogP contribution in [0.3, 0.4) is 0 Å². The quantitative estimate of drug-likeness (QED) is 0.165. The molecule has 0 saturated carbocycles. The van der Waals surface area contributed by atoms with E-state index in [1.54, 1.807) is 0 Å². The summed E-state index contributed by atoms with van der Waals surface area (Å²) < 4.78 is 2.36. The summed E-state index contributed by atoms with van der Waals surface area (Å²) in [4.78, 5) is 2.35. The van der Waals surface area contributed by atoms with Crippen molar-refractivity contribution >= 4 is 50.5 Å². The maximum Gasteiger partial charge on any atom is 0.0542 e. The summed E-state index contributed by atoms with van der Waals surface area (Å²) in [6.07, 6.45) is 2.29. The third-order valence-electron chi connectivity index (χ3n) is 9.77. The monoisotopic (exact) mass is 664 g/mol. The fourth-order valence-electron chi connectivity index (χ4n) is 7.42. The van der Waals surface area contributed by atoms with E-state index in [1.165, 1.54) is 48.9 Å². The summed E-state index contributed by atoms with van der Waals surface area (Å²) in [6, 6.07) is 75.8. The lowest BCUT2D eigenvalue weighted by Crippen LogP contribution is -2.27. The molecule has 0 N–H and O–H groups in total. The van der Waals surface area contributed by atoms with Gasteiger partial charge in [0.1, 0.15) is 0 Å². The van der Waals surface area contributed by atoms with E-state index in [-0.39, 0.29) is 0 Å². The van der Waals surface area contributed by atoms with Gasteiger partial charge in [0.15, 0.2) is 0 Å². The molecule has 8 aromatic carbocycles. The highest BCUT2D eigenvalue weighted by Gasteiger charge is 2.17. The minimum atomic E-state index is 1.10. The molecule has 0 aliphatic carbocycles. The van der Waals surface area contributed by atoms with Crippen molar-refractivity contribution in [1.82, 2.24) is 4.57 Å². The van der Waals surface area contributed by atoms with E-state index < -0.39 is 0 Å². The van der Waals surface area contributed by atoms with E-state index in [1.807, 2.05) is 0 Å². The Balaban J connectivity index is 1.17. The summed E-state index contributed by atoms with van der Waals surface area (Å²) in [5, 5.41) is 4.85. The van der Waals surface area contributed by atoms with Gasteiger partial charge in [-0.15, -0.1) is 0 Å². The first kappa shape index (κ1) is 31.1. The second-order valence-corrected chi connectivity index (χ2v) is 13.0. The largest absolute Gasteiger partial charge is 0.310 e. The number of para-hydroxylation sites is 3. The minimum absolute atomic E-state index is 1.10. The molecular weight excluding hydrogens is 629 g/mol. The Morgan fingerprint density at radius 3 is 1.62 bits per heavy atom. The van der Waals surface area contributed by atoms with Crippen LogP contribution in [-0.2, 0) is 0 Å². The van der Waals surface area contributed by atoms with Gasteiger partial charge in [0.25, 0.3) is 0 Å². The lowest BCUT2D eigenvalue weighted by Gasteiger charge is -2.25. The first-order chi connectivity index (χ1) is 25.8. The molecule has 0 fully saturated rings. The van der Waals surface area contributed by atoms with Crippen molar-refractivity contribution < 1.29 is 0 Å². The Morgan fingerprint density at radius 1 is 0.404 bits per heavy atom. The van der Waals surface area contributed by atoms with Crippen LogP contribution in [-0.4, -0.2) is 4.57 Å². The van der Waals surface area contributed by atoms with E-state index in [0.717, 1.165) is 28.3 Å². The van der Waals surface area contributed by atoms with Crippen LogP contribution in [0.15, 0.2) is 212 Å². The van der Waals surface area contributed by atoms with Crippen LogP contribution < -0.4 is 15.3 Å². The fourth-order valence-corrected chi connectivity index (χ4v) is 7.42. The van der Waals surface area contributed by atoms with Gasteiger partial charge in [-0.05, 0) is 99.4 Å². The zero-order valence-corrected chi connectivity index (χ0v) is 28.7. The van der Waals surface area contributed by atoms with Gasteiger partial charge in [-0.2, -0.15) is 0 Å². The summed E-state index contributed by atoms with van der Waals surface area (Å²) in [7, 11) is 0. The number of aromatic nitrogens is 1. The lowest BCUT2D eigenvalue weighted by atomic mass is 9.94. The molecule has 9 rings (SSSR count). The number of anilines is 3. The zero-order chi connectivity index (χ0) is 34.7. The zero-order valence-electron chi connectivity index (χ0n) is 28.7. The first-order valence-electron chi connectivity index (χ1n) is 17.8. The third-order valence-corrected chi connectivity index (χ3v) is 9.77. The molecule has 1 heterocycles. The van der Waals surface area contributed by atoms with Gasteiger partial charge in [0.2, 0.25) is 0 Å². The average molecular weight is 665 g/mol. The topological polar surface area (TPSA) is 8.17 Å². The van der Waals surface area contributed by atoms with Crippen molar-refractivity contribution in [2.45, 2.75) is 0 Å². The molecule has 0 amide bonds. The highest BCUT2D eigenvalue weighted by Crippen LogP contribution is 2.39. The summed E-state index contributed by atoms with van der Waals surface area (Å²) in [5.41, 5.74) is 11.6. The van der Waals surface area contributed by atoms with Crippen LogP contribution in [0.25, 0.3) is 39.1 Å². The van der Waals surface area contributed by atoms with E-state index in [2.05, 4.69) is 228 Å². The van der Waals surface area contributed by atoms with Crippen molar-refractivity contribution in [3.63, 3.8) is 0 Å². The van der Waals surface area contributed by atoms with Crippen LogP contribution in [0.4, 0.5) is 17.1 Å². The van der Waals surface area contributed by atoms with E-state index in [0.29, 0.717) is 0 Å². The molecule has 0 aliphatic heterocycles. The SMILES string of the molecule is C(/c1ccc(N(c2ccccc2)c2ccc3c(c2)c2ccccc2n3-c2ccccc2)cc1)=c1/ccccc1=C(c1ccccc1)c1ccccc1. The maximum absolute atomic E-state index is 2.36. The summed E-state index contributed by atoms with van der Waals surface area (Å²) in [6.45, 7) is 0. The molecular formula is C50H36N2. The van der Waals surface area contributed by atoms with Gasteiger partial charge in [-0.25, -0.2) is 0 Å². The number of hydrogen-bond acceptors (Lipinski definition) is 1. The van der Waals surface area contributed by atoms with Crippen LogP contribution in [0.5, 0.6) is 0 Å². The molecule has 1 aromatic heterocycles. The number of benzene rings is 8. The maximum atomic E-state index is 2.36. The van der Waals surface area contributed by atoms with Crippen LogP contribution in [0.2, 0.25) is 0 Å². The molecule has 2 nitrogen and oxygen atoms in total. The molecule has 0 bridgehead atoms.